The highest BCUT2D eigenvalue weighted by atomic mass is 16.6. The maximum absolute atomic E-state index is 13.6. The van der Waals surface area contributed by atoms with Crippen molar-refractivity contribution in [1.29, 1.82) is 0 Å². The summed E-state index contributed by atoms with van der Waals surface area (Å²) in [6.45, 7) is 11.8. The Labute approximate surface area is 235 Å². The van der Waals surface area contributed by atoms with E-state index < -0.39 is 47.4 Å². The Hall–Kier alpha value is -3.37. The number of allylic oxidation sites excluding steroid dienone is 1. The zero-order valence-electron chi connectivity index (χ0n) is 24.4. The van der Waals surface area contributed by atoms with Crippen molar-refractivity contribution in [2.45, 2.75) is 79.1 Å². The van der Waals surface area contributed by atoms with Crippen LogP contribution in [0.5, 0.6) is 0 Å². The number of carbonyl (C=O) groups is 5. The van der Waals surface area contributed by atoms with E-state index in [1.165, 1.54) is 6.92 Å². The summed E-state index contributed by atoms with van der Waals surface area (Å²) < 4.78 is 16.0. The molecule has 0 spiro atoms. The van der Waals surface area contributed by atoms with Gasteiger partial charge in [-0.1, -0.05) is 43.7 Å². The molecule has 2 rings (SSSR count). The molecule has 220 valence electrons. The number of benzene rings is 1. The Morgan fingerprint density at radius 1 is 1.15 bits per heavy atom. The third-order valence-electron chi connectivity index (χ3n) is 6.67. The Morgan fingerprint density at radius 2 is 1.82 bits per heavy atom. The molecule has 1 heterocycles. The molecular formula is C30H41NO9. The van der Waals surface area contributed by atoms with Crippen molar-refractivity contribution in [3.05, 3.63) is 41.5 Å². The number of hydrogen-bond acceptors (Lipinski definition) is 9. The average molecular weight is 560 g/mol. The molecule has 3 atom stereocenters. The summed E-state index contributed by atoms with van der Waals surface area (Å²) in [7, 11) is 0. The first kappa shape index (κ1) is 32.8. The summed E-state index contributed by atoms with van der Waals surface area (Å²) in [6.07, 6.45) is -0.869. The Balaban J connectivity index is 2.43. The lowest BCUT2D eigenvalue weighted by Crippen LogP contribution is -2.52. The molecule has 0 bridgehead atoms. The number of aryl methyl sites for hydroxylation is 1. The van der Waals surface area contributed by atoms with Gasteiger partial charge >= 0.3 is 12.1 Å². The monoisotopic (exact) mass is 559 g/mol. The van der Waals surface area contributed by atoms with Crippen LogP contribution in [-0.2, 0) is 33.4 Å². The van der Waals surface area contributed by atoms with Crippen molar-refractivity contribution < 1.29 is 43.3 Å². The van der Waals surface area contributed by atoms with E-state index in [9.17, 15) is 24.0 Å². The van der Waals surface area contributed by atoms with Gasteiger partial charge < -0.3 is 19.3 Å². The molecule has 1 aliphatic heterocycles. The topological polar surface area (TPSA) is 137 Å². The molecule has 1 N–H and O–H groups in total. The second kappa shape index (κ2) is 14.3. The van der Waals surface area contributed by atoms with Crippen LogP contribution in [0.1, 0.15) is 65.5 Å². The second-order valence-corrected chi connectivity index (χ2v) is 10.9. The number of aliphatic hydroxyl groups excluding tert-OH is 1. The number of ketones is 2. The molecule has 1 aromatic carbocycles. The normalized spacial score (nSPS) is 18.3. The second-order valence-electron chi connectivity index (χ2n) is 10.9. The minimum Gasteiger partial charge on any atom is -0.453 e. The maximum atomic E-state index is 13.6. The van der Waals surface area contributed by atoms with Crippen LogP contribution in [0, 0.1) is 18.8 Å². The summed E-state index contributed by atoms with van der Waals surface area (Å²) in [5, 5.41) is 8.86. The summed E-state index contributed by atoms with van der Waals surface area (Å²) in [5.41, 5.74) is 0.520. The third-order valence-corrected chi connectivity index (χ3v) is 6.67. The highest BCUT2D eigenvalue weighted by Gasteiger charge is 2.53. The largest absolute Gasteiger partial charge is 0.453 e. The van der Waals surface area contributed by atoms with Gasteiger partial charge in [-0.3, -0.25) is 19.2 Å². The van der Waals surface area contributed by atoms with Crippen LogP contribution in [0.15, 0.2) is 30.3 Å². The molecule has 0 radical (unpaired) electrons. The Morgan fingerprint density at radius 3 is 2.40 bits per heavy atom. The van der Waals surface area contributed by atoms with Crippen LogP contribution in [0.3, 0.4) is 0 Å². The van der Waals surface area contributed by atoms with Crippen LogP contribution in [0.2, 0.25) is 0 Å². The van der Waals surface area contributed by atoms with Crippen molar-refractivity contribution in [1.82, 2.24) is 4.90 Å². The first-order valence-electron chi connectivity index (χ1n) is 13.5. The fourth-order valence-electron chi connectivity index (χ4n) is 5.02. The Kier molecular flexibility index (Phi) is 11.8. The number of imide groups is 1. The number of carbonyl (C=O) groups excluding carboxylic acids is 5. The number of esters is 1. The van der Waals surface area contributed by atoms with Crippen LogP contribution >= 0.6 is 0 Å². The molecule has 0 aliphatic carbocycles. The molecule has 0 saturated carbocycles. The summed E-state index contributed by atoms with van der Waals surface area (Å²) in [4.78, 5) is 66.2. The molecule has 1 aromatic rings. The lowest BCUT2D eigenvalue weighted by Gasteiger charge is -2.33. The number of ether oxygens (including phenoxy) is 3. The number of amides is 2. The van der Waals surface area contributed by atoms with Gasteiger partial charge in [0.15, 0.2) is 17.7 Å². The SMILES string of the molecule is CC(=O)O[C@H](C(=O)C=C(C(=O)CCCOCCO)c1cccc(C)c1)[C@H](C)C(=O)N1C(=O)OC(C)(C)[C@@H]1C(C)C. The van der Waals surface area contributed by atoms with Gasteiger partial charge in [0, 0.05) is 25.5 Å². The molecule has 1 fully saturated rings. The zero-order chi connectivity index (χ0) is 30.2. The number of cyclic esters (lactones) is 1. The minimum absolute atomic E-state index is 0.0654. The molecule has 1 saturated heterocycles. The van der Waals surface area contributed by atoms with E-state index in [0.29, 0.717) is 12.0 Å². The van der Waals surface area contributed by atoms with Gasteiger partial charge in [-0.15, -0.1) is 0 Å². The molecule has 2 amide bonds. The van der Waals surface area contributed by atoms with Crippen molar-refractivity contribution in [2.75, 3.05) is 19.8 Å². The van der Waals surface area contributed by atoms with Crippen LogP contribution in [0.4, 0.5) is 4.79 Å². The number of Topliss-reactive ketones (excluding diaryl/α,β-unsaturated/α-hetero) is 1. The smallest absolute Gasteiger partial charge is 0.417 e. The predicted octanol–water partition coefficient (Wildman–Crippen LogP) is 3.66. The summed E-state index contributed by atoms with van der Waals surface area (Å²) >= 11 is 0. The number of aliphatic hydroxyl groups is 1. The fourth-order valence-corrected chi connectivity index (χ4v) is 5.02. The molecule has 10 heteroatoms. The van der Waals surface area contributed by atoms with E-state index in [4.69, 9.17) is 19.3 Å². The van der Waals surface area contributed by atoms with Crippen molar-refractivity contribution in [3.63, 3.8) is 0 Å². The zero-order valence-corrected chi connectivity index (χ0v) is 24.4. The number of nitrogens with zero attached hydrogens (tertiary/aromatic N) is 1. The van der Waals surface area contributed by atoms with Crippen LogP contribution in [0.25, 0.3) is 5.57 Å². The van der Waals surface area contributed by atoms with Crippen molar-refractivity contribution in [3.8, 4) is 0 Å². The molecule has 40 heavy (non-hydrogen) atoms. The maximum Gasteiger partial charge on any atom is 0.417 e. The standard InChI is InChI=1S/C30H41NO9/c1-18(2)27-30(6,7)40-29(37)31(27)28(36)20(4)26(39-21(5)33)25(35)17-23(22-11-8-10-19(3)16-22)24(34)12-9-14-38-15-13-32/h8,10-11,16-18,20,26-27,32H,9,12-15H2,1-7H3/t20-,26-,27-/m0/s1. The molecule has 10 nitrogen and oxygen atoms in total. The predicted molar refractivity (Wildman–Crippen MR) is 147 cm³/mol. The van der Waals surface area contributed by atoms with E-state index in [-0.39, 0.29) is 43.5 Å². The number of rotatable bonds is 14. The Bertz CT molecular complexity index is 1140. The summed E-state index contributed by atoms with van der Waals surface area (Å²) in [5.74, 6) is -3.99. The molecule has 0 unspecified atom stereocenters. The van der Waals surface area contributed by atoms with Gasteiger partial charge in [-0.2, -0.15) is 0 Å². The van der Waals surface area contributed by atoms with Gasteiger partial charge in [0.2, 0.25) is 5.91 Å². The van der Waals surface area contributed by atoms with Gasteiger partial charge in [0.1, 0.15) is 5.60 Å². The quantitative estimate of drug-likeness (QED) is 0.206. The minimum atomic E-state index is -1.57. The first-order chi connectivity index (χ1) is 18.7. The van der Waals surface area contributed by atoms with E-state index >= 15 is 0 Å². The summed E-state index contributed by atoms with van der Waals surface area (Å²) in [6, 6.07) is 6.45. The molecule has 1 aliphatic rings. The average Bonchev–Trinajstić information content (AvgIpc) is 3.12. The van der Waals surface area contributed by atoms with E-state index in [2.05, 4.69) is 0 Å². The first-order valence-corrected chi connectivity index (χ1v) is 13.5. The van der Waals surface area contributed by atoms with Crippen LogP contribution in [-0.4, -0.2) is 77.1 Å². The van der Waals surface area contributed by atoms with E-state index in [0.717, 1.165) is 23.5 Å². The molecule has 0 aromatic heterocycles. The van der Waals surface area contributed by atoms with Gasteiger partial charge in [0.25, 0.3) is 0 Å². The highest BCUT2D eigenvalue weighted by Crippen LogP contribution is 2.35. The van der Waals surface area contributed by atoms with Gasteiger partial charge in [-0.25, -0.2) is 9.69 Å². The lowest BCUT2D eigenvalue weighted by molar-refractivity contribution is -0.158. The van der Waals surface area contributed by atoms with E-state index in [1.807, 2.05) is 26.8 Å². The number of hydrogen-bond donors (Lipinski definition) is 1. The highest BCUT2D eigenvalue weighted by molar-refractivity contribution is 6.25. The van der Waals surface area contributed by atoms with Crippen molar-refractivity contribution in [2.24, 2.45) is 11.8 Å². The third kappa shape index (κ3) is 8.32. The van der Waals surface area contributed by atoms with E-state index in [1.54, 1.807) is 32.0 Å². The van der Waals surface area contributed by atoms with Crippen LogP contribution < -0.4 is 0 Å². The molecular weight excluding hydrogens is 518 g/mol. The van der Waals surface area contributed by atoms with Gasteiger partial charge in [0.05, 0.1) is 25.2 Å². The lowest BCUT2D eigenvalue weighted by atomic mass is 9.87. The van der Waals surface area contributed by atoms with Gasteiger partial charge in [-0.05, 0) is 51.7 Å². The fraction of sp³-hybridized carbons (Fsp3) is 0.567. The van der Waals surface area contributed by atoms with Crippen molar-refractivity contribution >= 4 is 35.1 Å².